The molecule has 2 fully saturated rings. The van der Waals surface area contributed by atoms with E-state index in [1.807, 2.05) is 60.5 Å². The molecule has 1 heterocycles. The summed E-state index contributed by atoms with van der Waals surface area (Å²) in [5.74, 6) is -1.87. The molecular formula is C45H75N7O9. The van der Waals surface area contributed by atoms with Gasteiger partial charge in [0, 0.05) is 40.0 Å². The van der Waals surface area contributed by atoms with Crippen LogP contribution in [0.15, 0.2) is 24.3 Å². The summed E-state index contributed by atoms with van der Waals surface area (Å²) >= 11 is 0. The first kappa shape index (κ1) is 51.1. The van der Waals surface area contributed by atoms with E-state index in [1.54, 1.807) is 55.1 Å². The number of carbonyl (C=O) groups is 6. The number of carboxylic acid groups (broad SMARTS) is 1. The maximum absolute atomic E-state index is 14.3. The third-order valence-electron chi connectivity index (χ3n) is 12.5. The van der Waals surface area contributed by atoms with Crippen molar-refractivity contribution >= 4 is 41.3 Å². The van der Waals surface area contributed by atoms with Gasteiger partial charge in [0.15, 0.2) is 0 Å². The summed E-state index contributed by atoms with van der Waals surface area (Å²) < 4.78 is 12.0. The maximum atomic E-state index is 14.3. The van der Waals surface area contributed by atoms with Crippen molar-refractivity contribution in [2.45, 2.75) is 142 Å². The zero-order valence-electron chi connectivity index (χ0n) is 38.7. The van der Waals surface area contributed by atoms with E-state index < -0.39 is 54.4 Å². The number of hydrogen-bond acceptors (Lipinski definition) is 9. The summed E-state index contributed by atoms with van der Waals surface area (Å²) in [4.78, 5) is 85.7. The Balaban J connectivity index is 1.74. The highest BCUT2D eigenvalue weighted by atomic mass is 16.5. The summed E-state index contributed by atoms with van der Waals surface area (Å²) in [6, 6.07) is 3.82. The van der Waals surface area contributed by atoms with Crippen molar-refractivity contribution in [1.29, 1.82) is 0 Å². The van der Waals surface area contributed by atoms with Gasteiger partial charge in [0.2, 0.25) is 29.5 Å². The molecule has 0 aromatic heterocycles. The topological polar surface area (TPSA) is 199 Å². The first-order valence-electron chi connectivity index (χ1n) is 22.0. The van der Waals surface area contributed by atoms with Crippen LogP contribution < -0.4 is 21.3 Å². The minimum Gasteiger partial charge on any atom is -0.465 e. The second-order valence-electron chi connectivity index (χ2n) is 18.1. The van der Waals surface area contributed by atoms with Crippen LogP contribution in [0.2, 0.25) is 0 Å². The van der Waals surface area contributed by atoms with Gasteiger partial charge in [-0.1, -0.05) is 79.9 Å². The van der Waals surface area contributed by atoms with Crippen LogP contribution in [0.3, 0.4) is 0 Å². The lowest BCUT2D eigenvalue weighted by Crippen LogP contribution is -2.59. The molecule has 0 bridgehead atoms. The third kappa shape index (κ3) is 14.4. The normalized spacial score (nSPS) is 19.3. The highest BCUT2D eigenvalue weighted by molar-refractivity contribution is 5.91. The second kappa shape index (κ2) is 23.8. The maximum Gasteiger partial charge on any atom is 0.409 e. The molecule has 16 heteroatoms. The van der Waals surface area contributed by atoms with Crippen LogP contribution in [-0.4, -0.2) is 140 Å². The van der Waals surface area contributed by atoms with Gasteiger partial charge in [0.25, 0.3) is 0 Å². The number of hydrogen-bond donors (Lipinski definition) is 5. The molecule has 5 N–H and O–H groups in total. The number of rotatable bonds is 24. The lowest BCUT2D eigenvalue weighted by atomic mass is 9.89. The number of nitrogens with zero attached hydrogens (tertiary/aromatic N) is 3. The van der Waals surface area contributed by atoms with Crippen LogP contribution in [-0.2, 0) is 40.0 Å². The first-order chi connectivity index (χ1) is 28.7. The number of carbonyl (C=O) groups excluding carboxylic acids is 5. The molecule has 2 aliphatic rings. The molecule has 61 heavy (non-hydrogen) atoms. The van der Waals surface area contributed by atoms with Crippen LogP contribution in [0, 0.1) is 29.6 Å². The summed E-state index contributed by atoms with van der Waals surface area (Å²) in [6.07, 6.45) is 2.05. The van der Waals surface area contributed by atoms with E-state index in [9.17, 15) is 28.8 Å². The van der Waals surface area contributed by atoms with E-state index in [1.165, 1.54) is 7.11 Å². The van der Waals surface area contributed by atoms with Crippen molar-refractivity contribution in [3.63, 3.8) is 0 Å². The van der Waals surface area contributed by atoms with Crippen LogP contribution in [0.4, 0.5) is 10.5 Å². The van der Waals surface area contributed by atoms with Gasteiger partial charge in [-0.25, -0.2) is 4.79 Å². The average Bonchev–Trinajstić information content (AvgIpc) is 3.90. The van der Waals surface area contributed by atoms with Crippen LogP contribution >= 0.6 is 0 Å². The summed E-state index contributed by atoms with van der Waals surface area (Å²) in [7, 11) is 8.50. The van der Waals surface area contributed by atoms with E-state index in [0.29, 0.717) is 31.0 Å². The molecule has 0 spiro atoms. The van der Waals surface area contributed by atoms with E-state index in [2.05, 4.69) is 21.3 Å². The number of nitrogens with one attached hydrogen (secondary N) is 4. The Morgan fingerprint density at radius 3 is 2.00 bits per heavy atom. The van der Waals surface area contributed by atoms with E-state index >= 15 is 0 Å². The molecule has 344 valence electrons. The summed E-state index contributed by atoms with van der Waals surface area (Å²) in [5.41, 5.74) is 1.19. The minimum absolute atomic E-state index is 0.00612. The second-order valence-corrected chi connectivity index (χ2v) is 18.1. The van der Waals surface area contributed by atoms with Gasteiger partial charge in [0.05, 0.1) is 42.7 Å². The van der Waals surface area contributed by atoms with Crippen molar-refractivity contribution in [2.75, 3.05) is 47.2 Å². The molecule has 1 aromatic carbocycles. The van der Waals surface area contributed by atoms with Gasteiger partial charge in [-0.05, 0) is 74.7 Å². The largest absolute Gasteiger partial charge is 0.465 e. The third-order valence-corrected chi connectivity index (χ3v) is 12.5. The zero-order chi connectivity index (χ0) is 45.7. The van der Waals surface area contributed by atoms with Crippen LogP contribution in [0.25, 0.3) is 0 Å². The highest BCUT2D eigenvalue weighted by Gasteiger charge is 2.44. The number of likely N-dealkylation sites (N-methyl/N-ethyl adjacent to an activating group) is 2. The standard InChI is InChI=1S/C45H75N7O9/c1-13-28(6)39(51(10)44(57)37(26(2)3)49-43(56)38(27(4)5)50(8)9)35(60-11)24-36(53)52-22-14-15-34(52)40(61-12)29(7)41(54)48-33(23-30-16-17-30)42(55)46-25-31-18-20-32(21-19-31)47-45(58)59/h18-21,26-30,33-35,37-40,47H,13-17,22-25H2,1-12H3,(H,46,55)(H,48,54)(H,49,56)(H,58,59)/t28-,29+,33-,34-,35+,37-,38-,39-,40+/m0/s1. The predicted molar refractivity (Wildman–Crippen MR) is 234 cm³/mol. The van der Waals surface area contributed by atoms with Crippen LogP contribution in [0.5, 0.6) is 0 Å². The van der Waals surface area contributed by atoms with Crippen molar-refractivity contribution in [3.8, 4) is 0 Å². The molecule has 1 aromatic rings. The number of ether oxygens (including phenoxy) is 2. The molecule has 1 aliphatic carbocycles. The fourth-order valence-electron chi connectivity index (χ4n) is 8.77. The van der Waals surface area contributed by atoms with E-state index in [0.717, 1.165) is 31.2 Å². The number of anilines is 1. The Hall–Kier alpha value is -4.28. The fourth-order valence-corrected chi connectivity index (χ4v) is 8.77. The van der Waals surface area contributed by atoms with Gasteiger partial charge in [-0.3, -0.25) is 34.2 Å². The monoisotopic (exact) mass is 858 g/mol. The van der Waals surface area contributed by atoms with Gasteiger partial charge < -0.3 is 40.3 Å². The summed E-state index contributed by atoms with van der Waals surface area (Å²) in [6.45, 7) is 14.3. The fraction of sp³-hybridized carbons (Fsp3) is 0.733. The van der Waals surface area contributed by atoms with Crippen LogP contribution in [0.1, 0.15) is 99.0 Å². The van der Waals surface area contributed by atoms with Gasteiger partial charge >= 0.3 is 6.09 Å². The minimum atomic E-state index is -1.17. The van der Waals surface area contributed by atoms with Gasteiger partial charge in [-0.2, -0.15) is 0 Å². The highest BCUT2D eigenvalue weighted by Crippen LogP contribution is 2.34. The molecule has 16 nitrogen and oxygen atoms in total. The molecule has 0 unspecified atom stereocenters. The molecule has 3 rings (SSSR count). The molecule has 1 saturated heterocycles. The quantitative estimate of drug-likeness (QED) is 0.0998. The Bertz CT molecular complexity index is 1610. The van der Waals surface area contributed by atoms with Crippen molar-refractivity contribution in [1.82, 2.24) is 30.7 Å². The lowest BCUT2D eigenvalue weighted by molar-refractivity contribution is -0.148. The van der Waals surface area contributed by atoms with Crippen molar-refractivity contribution < 1.29 is 43.3 Å². The molecule has 6 amide bonds. The zero-order valence-corrected chi connectivity index (χ0v) is 38.7. The number of benzene rings is 1. The Morgan fingerprint density at radius 1 is 0.852 bits per heavy atom. The predicted octanol–water partition coefficient (Wildman–Crippen LogP) is 4.32. The molecular weight excluding hydrogens is 783 g/mol. The molecule has 1 aliphatic heterocycles. The summed E-state index contributed by atoms with van der Waals surface area (Å²) in [5, 5.41) is 20.2. The Kier molecular flexibility index (Phi) is 19.9. The average molecular weight is 858 g/mol. The number of methoxy groups -OCH3 is 2. The van der Waals surface area contributed by atoms with Crippen molar-refractivity contribution in [2.24, 2.45) is 29.6 Å². The number of amides is 6. The van der Waals surface area contributed by atoms with E-state index in [-0.39, 0.29) is 60.3 Å². The first-order valence-corrected chi connectivity index (χ1v) is 22.0. The van der Waals surface area contributed by atoms with Crippen molar-refractivity contribution in [3.05, 3.63) is 29.8 Å². The Morgan fingerprint density at radius 2 is 1.49 bits per heavy atom. The SMILES string of the molecule is CC[C@H](C)[C@@H]([C@@H](CC(=O)N1CCC[C@H]1[C@H](OC)[C@@H](C)C(=O)N[C@@H](CC1CC1)C(=O)NCc1ccc(NC(=O)O)cc1)OC)N(C)C(=O)[C@@H](NC(=O)[C@H](C(C)C)N(C)C)C(C)C. The number of likely N-dealkylation sites (tertiary alicyclic amines) is 1. The smallest absolute Gasteiger partial charge is 0.409 e. The molecule has 0 radical (unpaired) electrons. The van der Waals surface area contributed by atoms with Gasteiger partial charge in [0.1, 0.15) is 12.1 Å². The van der Waals surface area contributed by atoms with E-state index in [4.69, 9.17) is 14.6 Å². The molecule has 1 saturated carbocycles. The molecule has 9 atom stereocenters. The van der Waals surface area contributed by atoms with Gasteiger partial charge in [-0.15, -0.1) is 0 Å². The Labute approximate surface area is 363 Å². The lowest BCUT2D eigenvalue weighted by Gasteiger charge is -2.41.